The molecule has 2 rings (SSSR count). The highest BCUT2D eigenvalue weighted by Crippen LogP contribution is 2.28. The number of nitrogens with one attached hydrogen (secondary N) is 1. The minimum Gasteiger partial charge on any atom is -0.375 e. The van der Waals surface area contributed by atoms with Gasteiger partial charge in [0, 0.05) is 20.2 Å². The normalized spacial score (nSPS) is 22.9. The van der Waals surface area contributed by atoms with Crippen LogP contribution in [0.3, 0.4) is 0 Å². The van der Waals surface area contributed by atoms with Crippen molar-refractivity contribution in [3.05, 3.63) is 11.7 Å². The molecule has 2 heterocycles. The highest BCUT2D eigenvalue weighted by Gasteiger charge is 2.38. The Hall–Kier alpha value is -1.52. The second-order valence-electron chi connectivity index (χ2n) is 5.44. The number of sulfonamides is 1. The van der Waals surface area contributed by atoms with Gasteiger partial charge in [-0.1, -0.05) is 5.16 Å². The van der Waals surface area contributed by atoms with E-state index in [1.54, 1.807) is 13.8 Å². The van der Waals surface area contributed by atoms with Crippen molar-refractivity contribution in [3.63, 3.8) is 0 Å². The molecule has 0 unspecified atom stereocenters. The Morgan fingerprint density at radius 3 is 2.83 bits per heavy atom. The van der Waals surface area contributed by atoms with Gasteiger partial charge in [0.25, 0.3) is 0 Å². The lowest BCUT2D eigenvalue weighted by Crippen LogP contribution is -2.54. The van der Waals surface area contributed by atoms with Crippen molar-refractivity contribution in [1.82, 2.24) is 19.8 Å². The molecule has 2 atom stereocenters. The van der Waals surface area contributed by atoms with Crippen LogP contribution in [-0.4, -0.2) is 67.4 Å². The largest absolute Gasteiger partial charge is 0.375 e. The van der Waals surface area contributed by atoms with E-state index in [0.29, 0.717) is 24.7 Å². The number of nitrogens with zero attached hydrogens (tertiary/aromatic N) is 3. The number of aryl methyl sites for hydroxylation is 1. The Morgan fingerprint density at radius 1 is 1.52 bits per heavy atom. The number of ether oxygens (including phenoxy) is 1. The van der Waals surface area contributed by atoms with Crippen LogP contribution in [0.4, 0.5) is 0 Å². The zero-order valence-corrected chi connectivity index (χ0v) is 14.3. The van der Waals surface area contributed by atoms with Gasteiger partial charge in [-0.3, -0.25) is 4.79 Å². The first-order valence-corrected chi connectivity index (χ1v) is 9.04. The molecule has 1 aromatic heterocycles. The second-order valence-corrected chi connectivity index (χ2v) is 7.70. The minimum absolute atomic E-state index is 0.0239. The lowest BCUT2D eigenvalue weighted by atomic mass is 9.92. The van der Waals surface area contributed by atoms with Gasteiger partial charge in [-0.05, 0) is 20.3 Å². The van der Waals surface area contributed by atoms with Crippen molar-refractivity contribution in [2.45, 2.75) is 32.2 Å². The number of hydrogen-bond acceptors (Lipinski definition) is 7. The van der Waals surface area contributed by atoms with Crippen molar-refractivity contribution in [3.8, 4) is 0 Å². The smallest absolute Gasteiger partial charge is 0.246 e. The topological polar surface area (TPSA) is 115 Å². The summed E-state index contributed by atoms with van der Waals surface area (Å²) in [5, 5.41) is 6.58. The Bertz CT molecular complexity index is 645. The monoisotopic (exact) mass is 346 g/mol. The number of aromatic nitrogens is 2. The molecule has 0 aromatic carbocycles. The highest BCUT2D eigenvalue weighted by molar-refractivity contribution is 7.89. The van der Waals surface area contributed by atoms with Gasteiger partial charge in [-0.15, -0.1) is 0 Å². The first-order chi connectivity index (χ1) is 10.9. The summed E-state index contributed by atoms with van der Waals surface area (Å²) in [4.78, 5) is 16.1. The summed E-state index contributed by atoms with van der Waals surface area (Å²) in [6.07, 6.45) is 0.499. The summed E-state index contributed by atoms with van der Waals surface area (Å²) >= 11 is 0. The van der Waals surface area contributed by atoms with Crippen LogP contribution >= 0.6 is 0 Å². The standard InChI is InChI=1S/C13H22N4O5S/c1-4-23(19,20)17-6-5-10(13-14-9(2)16-22-13)11(7-17)15-12(18)8-21-3/h10-11H,4-8H2,1-3H3,(H,15,18)/t10-,11+/m0/s1. The van der Waals surface area contributed by atoms with Crippen LogP contribution in [-0.2, 0) is 19.6 Å². The zero-order chi connectivity index (χ0) is 17.0. The average Bonchev–Trinajstić information content (AvgIpc) is 2.93. The van der Waals surface area contributed by atoms with Gasteiger partial charge in [0.05, 0.1) is 17.7 Å². The summed E-state index contributed by atoms with van der Waals surface area (Å²) < 4.78 is 35.6. The van der Waals surface area contributed by atoms with Crippen LogP contribution in [0.1, 0.15) is 31.0 Å². The number of piperidine rings is 1. The first-order valence-electron chi connectivity index (χ1n) is 7.43. The molecular formula is C13H22N4O5S. The van der Waals surface area contributed by atoms with E-state index in [1.165, 1.54) is 11.4 Å². The van der Waals surface area contributed by atoms with Gasteiger partial charge in [-0.25, -0.2) is 8.42 Å². The molecule has 9 nitrogen and oxygen atoms in total. The Balaban J connectivity index is 2.19. The summed E-state index contributed by atoms with van der Waals surface area (Å²) in [7, 11) is -1.89. The molecule has 10 heteroatoms. The molecule has 0 spiro atoms. The van der Waals surface area contributed by atoms with Gasteiger partial charge in [0.1, 0.15) is 6.61 Å². The number of hydrogen-bond donors (Lipinski definition) is 1. The Kier molecular flexibility index (Phi) is 5.71. The third-order valence-electron chi connectivity index (χ3n) is 3.82. The maximum atomic E-state index is 12.1. The fraction of sp³-hybridized carbons (Fsp3) is 0.769. The molecule has 1 saturated heterocycles. The maximum Gasteiger partial charge on any atom is 0.246 e. The number of carbonyl (C=O) groups excluding carboxylic acids is 1. The molecule has 23 heavy (non-hydrogen) atoms. The summed E-state index contributed by atoms with van der Waals surface area (Å²) in [6.45, 7) is 3.76. The third-order valence-corrected chi connectivity index (χ3v) is 5.66. The van der Waals surface area contributed by atoms with Crippen LogP contribution in [0, 0.1) is 6.92 Å². The Labute approximate surface area is 135 Å². The van der Waals surface area contributed by atoms with Crippen LogP contribution in [0.2, 0.25) is 0 Å². The zero-order valence-electron chi connectivity index (χ0n) is 13.5. The van der Waals surface area contributed by atoms with Gasteiger partial charge >= 0.3 is 0 Å². The predicted octanol–water partition coefficient (Wildman–Crippen LogP) is -0.352. The number of rotatable bonds is 6. The quantitative estimate of drug-likeness (QED) is 0.748. The van der Waals surface area contributed by atoms with E-state index in [2.05, 4.69) is 15.5 Å². The first kappa shape index (κ1) is 17.8. The summed E-state index contributed by atoms with van der Waals surface area (Å²) in [5.41, 5.74) is 0. The molecule has 1 aliphatic heterocycles. The van der Waals surface area contributed by atoms with E-state index >= 15 is 0 Å². The van der Waals surface area contributed by atoms with Crippen molar-refractivity contribution < 1.29 is 22.5 Å². The highest BCUT2D eigenvalue weighted by atomic mass is 32.2. The minimum atomic E-state index is -3.32. The van der Waals surface area contributed by atoms with Crippen molar-refractivity contribution in [2.75, 3.05) is 32.6 Å². The fourth-order valence-electron chi connectivity index (χ4n) is 2.64. The molecule has 0 saturated carbocycles. The molecule has 0 bridgehead atoms. The molecule has 1 N–H and O–H groups in total. The number of carbonyl (C=O) groups is 1. The van der Waals surface area contributed by atoms with E-state index < -0.39 is 16.1 Å². The van der Waals surface area contributed by atoms with E-state index in [4.69, 9.17) is 9.26 Å². The van der Waals surface area contributed by atoms with Crippen molar-refractivity contribution >= 4 is 15.9 Å². The second kappa shape index (κ2) is 7.37. The molecular weight excluding hydrogens is 324 g/mol. The molecule has 1 aliphatic rings. The van der Waals surface area contributed by atoms with Crippen LogP contribution in [0.15, 0.2) is 4.52 Å². The van der Waals surface area contributed by atoms with Crippen molar-refractivity contribution in [2.24, 2.45) is 0 Å². The van der Waals surface area contributed by atoms with Crippen LogP contribution < -0.4 is 5.32 Å². The predicted molar refractivity (Wildman–Crippen MR) is 81.2 cm³/mol. The van der Waals surface area contributed by atoms with Crippen molar-refractivity contribution in [1.29, 1.82) is 0 Å². The van der Waals surface area contributed by atoms with E-state index in [0.717, 1.165) is 0 Å². The molecule has 1 fully saturated rings. The van der Waals surface area contributed by atoms with Crippen LogP contribution in [0.5, 0.6) is 0 Å². The molecule has 0 radical (unpaired) electrons. The summed E-state index contributed by atoms with van der Waals surface area (Å²) in [6, 6.07) is -0.437. The summed E-state index contributed by atoms with van der Waals surface area (Å²) in [5.74, 6) is 0.412. The number of amides is 1. The maximum absolute atomic E-state index is 12.1. The van der Waals surface area contributed by atoms with Gasteiger partial charge < -0.3 is 14.6 Å². The SMILES string of the molecule is CCS(=O)(=O)N1CC[C@H](c2nc(C)no2)[C@H](NC(=O)COC)C1. The third kappa shape index (κ3) is 4.27. The van der Waals surface area contributed by atoms with Gasteiger partial charge in [-0.2, -0.15) is 9.29 Å². The lowest BCUT2D eigenvalue weighted by Gasteiger charge is -2.36. The van der Waals surface area contributed by atoms with E-state index in [-0.39, 0.29) is 30.7 Å². The molecule has 130 valence electrons. The molecule has 1 amide bonds. The van der Waals surface area contributed by atoms with Gasteiger partial charge in [0.2, 0.25) is 21.8 Å². The number of methoxy groups -OCH3 is 1. The Morgan fingerprint density at radius 2 is 2.26 bits per heavy atom. The molecule has 1 aromatic rings. The fourth-order valence-corrected chi connectivity index (χ4v) is 3.78. The van der Waals surface area contributed by atoms with E-state index in [9.17, 15) is 13.2 Å². The van der Waals surface area contributed by atoms with Gasteiger partial charge in [0.15, 0.2) is 5.82 Å². The average molecular weight is 346 g/mol. The van der Waals surface area contributed by atoms with E-state index in [1.807, 2.05) is 0 Å². The van der Waals surface area contributed by atoms with Crippen LogP contribution in [0.25, 0.3) is 0 Å². The molecule has 0 aliphatic carbocycles. The lowest BCUT2D eigenvalue weighted by molar-refractivity contribution is -0.125.